The first-order chi connectivity index (χ1) is 7.11. The van der Waals surface area contributed by atoms with Crippen LogP contribution in [-0.4, -0.2) is 28.4 Å². The zero-order valence-corrected chi connectivity index (χ0v) is 10.9. The Morgan fingerprint density at radius 3 is 2.00 bits per heavy atom. The number of ether oxygens (including phenoxy) is 1. The largest absolute Gasteiger partial charge is 0.456 e. The lowest BCUT2D eigenvalue weighted by molar-refractivity contribution is -0.158. The lowest BCUT2D eigenvalue weighted by Crippen LogP contribution is -2.59. The lowest BCUT2D eigenvalue weighted by atomic mass is 9.81. The Labute approximate surface area is 101 Å². The summed E-state index contributed by atoms with van der Waals surface area (Å²) in [7, 11) is 0. The van der Waals surface area contributed by atoms with Crippen molar-refractivity contribution in [1.29, 1.82) is 0 Å². The fourth-order valence-electron chi connectivity index (χ4n) is 2.51. The van der Waals surface area contributed by atoms with Gasteiger partial charge in [-0.1, -0.05) is 0 Å². The molecule has 0 amide bonds. The molecule has 0 saturated carbocycles. The summed E-state index contributed by atoms with van der Waals surface area (Å²) in [6.45, 7) is 8.16. The fraction of sp³-hybridized carbons (Fsp3) is 0.818. The number of piperidine rings is 1. The molecular formula is C11H18ClNO3. The molecule has 0 bridgehead atoms. The monoisotopic (exact) mass is 247 g/mol. The van der Waals surface area contributed by atoms with E-state index in [1.807, 2.05) is 27.7 Å². The van der Waals surface area contributed by atoms with Gasteiger partial charge >= 0.3 is 11.2 Å². The van der Waals surface area contributed by atoms with Gasteiger partial charge in [-0.2, -0.15) is 0 Å². The molecule has 1 aliphatic heterocycles. The second-order valence-electron chi connectivity index (χ2n) is 5.60. The quantitative estimate of drug-likeness (QED) is 0.458. The number of hydrogen-bond acceptors (Lipinski definition) is 4. The first-order valence-corrected chi connectivity index (χ1v) is 5.69. The molecule has 1 aliphatic rings. The molecule has 1 saturated heterocycles. The maximum absolute atomic E-state index is 11.1. The summed E-state index contributed by atoms with van der Waals surface area (Å²) in [4.78, 5) is 21.7. The molecule has 0 aromatic rings. The number of nitrogens with one attached hydrogen (secondary N) is 1. The molecule has 5 heteroatoms. The van der Waals surface area contributed by atoms with Gasteiger partial charge < -0.3 is 10.1 Å². The topological polar surface area (TPSA) is 55.4 Å². The highest BCUT2D eigenvalue weighted by Crippen LogP contribution is 2.30. The van der Waals surface area contributed by atoms with Gasteiger partial charge in [-0.25, -0.2) is 4.79 Å². The average Bonchev–Trinajstić information content (AvgIpc) is 1.96. The second kappa shape index (κ2) is 4.34. The van der Waals surface area contributed by atoms with Gasteiger partial charge in [0.05, 0.1) is 0 Å². The SMILES string of the molecule is CC1(C)CC(OC(=O)C(=O)Cl)CC(C)(C)N1. The third-order valence-electron chi connectivity index (χ3n) is 2.59. The van der Waals surface area contributed by atoms with Crippen LogP contribution in [0.1, 0.15) is 40.5 Å². The van der Waals surface area contributed by atoms with Gasteiger partial charge in [0.15, 0.2) is 0 Å². The molecule has 16 heavy (non-hydrogen) atoms. The minimum atomic E-state index is -1.06. The van der Waals surface area contributed by atoms with E-state index in [1.165, 1.54) is 0 Å². The molecule has 1 heterocycles. The van der Waals surface area contributed by atoms with E-state index in [-0.39, 0.29) is 17.2 Å². The van der Waals surface area contributed by atoms with Gasteiger partial charge in [0, 0.05) is 23.9 Å². The van der Waals surface area contributed by atoms with E-state index in [0.717, 1.165) is 0 Å². The van der Waals surface area contributed by atoms with Crippen LogP contribution in [0.4, 0.5) is 0 Å². The summed E-state index contributed by atoms with van der Waals surface area (Å²) < 4.78 is 5.06. The standard InChI is InChI=1S/C11H18ClNO3/c1-10(2)5-7(6-11(3,4)13-10)16-9(15)8(12)14/h7,13H,5-6H2,1-4H3. The zero-order valence-electron chi connectivity index (χ0n) is 10.1. The van der Waals surface area contributed by atoms with Crippen molar-refractivity contribution in [2.24, 2.45) is 0 Å². The number of carbonyl (C=O) groups is 2. The zero-order chi connectivity index (χ0) is 12.6. The van der Waals surface area contributed by atoms with Gasteiger partial charge in [-0.05, 0) is 39.3 Å². The Bertz CT molecular complexity index is 296. The van der Waals surface area contributed by atoms with Crippen molar-refractivity contribution in [3.63, 3.8) is 0 Å². The first-order valence-electron chi connectivity index (χ1n) is 5.31. The number of halogens is 1. The van der Waals surface area contributed by atoms with Crippen molar-refractivity contribution >= 4 is 22.8 Å². The summed E-state index contributed by atoms with van der Waals surface area (Å²) in [5, 5.41) is 2.39. The van der Waals surface area contributed by atoms with Crippen LogP contribution >= 0.6 is 11.6 Å². The van der Waals surface area contributed by atoms with Crippen LogP contribution in [0.2, 0.25) is 0 Å². The van der Waals surface area contributed by atoms with Crippen molar-refractivity contribution in [2.75, 3.05) is 0 Å². The molecule has 0 atom stereocenters. The van der Waals surface area contributed by atoms with E-state index < -0.39 is 11.2 Å². The molecule has 1 N–H and O–H groups in total. The van der Waals surface area contributed by atoms with Crippen LogP contribution in [-0.2, 0) is 14.3 Å². The maximum Gasteiger partial charge on any atom is 0.391 e. The Balaban J connectivity index is 2.68. The third-order valence-corrected chi connectivity index (χ3v) is 2.74. The van der Waals surface area contributed by atoms with Gasteiger partial charge in [0.1, 0.15) is 6.10 Å². The van der Waals surface area contributed by atoms with E-state index in [2.05, 4.69) is 5.32 Å². The summed E-state index contributed by atoms with van der Waals surface area (Å²) in [5.74, 6) is -0.958. The summed E-state index contributed by atoms with van der Waals surface area (Å²) >= 11 is 5.06. The molecule has 92 valence electrons. The summed E-state index contributed by atoms with van der Waals surface area (Å²) in [5.41, 5.74) is -0.246. The van der Waals surface area contributed by atoms with Gasteiger partial charge in [-0.15, -0.1) is 0 Å². The van der Waals surface area contributed by atoms with Gasteiger partial charge in [0.2, 0.25) is 0 Å². The summed E-state index contributed by atoms with van der Waals surface area (Å²) in [6.07, 6.45) is 1.08. The van der Waals surface area contributed by atoms with E-state index >= 15 is 0 Å². The highest BCUT2D eigenvalue weighted by Gasteiger charge is 2.39. The van der Waals surface area contributed by atoms with Crippen molar-refractivity contribution in [3.05, 3.63) is 0 Å². The summed E-state index contributed by atoms with van der Waals surface area (Å²) in [6, 6.07) is 0. The van der Waals surface area contributed by atoms with E-state index in [1.54, 1.807) is 0 Å². The molecule has 0 aromatic carbocycles. The van der Waals surface area contributed by atoms with Crippen LogP contribution < -0.4 is 5.32 Å². The highest BCUT2D eigenvalue weighted by molar-refractivity contribution is 6.80. The Hall–Kier alpha value is -0.610. The predicted molar refractivity (Wildman–Crippen MR) is 61.3 cm³/mol. The van der Waals surface area contributed by atoms with Crippen LogP contribution in [0.25, 0.3) is 0 Å². The molecule has 1 rings (SSSR count). The van der Waals surface area contributed by atoms with Crippen LogP contribution in [0.15, 0.2) is 0 Å². The maximum atomic E-state index is 11.1. The first kappa shape index (κ1) is 13.5. The lowest BCUT2D eigenvalue weighted by Gasteiger charge is -2.45. The normalized spacial score (nSPS) is 23.8. The minimum absolute atomic E-state index is 0.123. The number of hydrogen-bond donors (Lipinski definition) is 1. The number of carbonyl (C=O) groups excluding carboxylic acids is 2. The molecule has 0 radical (unpaired) electrons. The molecule has 4 nitrogen and oxygen atoms in total. The molecular weight excluding hydrogens is 230 g/mol. The molecule has 1 fully saturated rings. The second-order valence-corrected chi connectivity index (χ2v) is 5.95. The van der Waals surface area contributed by atoms with E-state index in [9.17, 15) is 9.59 Å². The highest BCUT2D eigenvalue weighted by atomic mass is 35.5. The van der Waals surface area contributed by atoms with Gasteiger partial charge in [-0.3, -0.25) is 4.79 Å². The van der Waals surface area contributed by atoms with Gasteiger partial charge in [0.25, 0.3) is 0 Å². The van der Waals surface area contributed by atoms with Crippen molar-refractivity contribution in [2.45, 2.75) is 57.7 Å². The van der Waals surface area contributed by atoms with E-state index in [4.69, 9.17) is 16.3 Å². The number of esters is 1. The Morgan fingerprint density at radius 1 is 1.19 bits per heavy atom. The van der Waals surface area contributed by atoms with Crippen molar-refractivity contribution < 1.29 is 14.3 Å². The minimum Gasteiger partial charge on any atom is -0.456 e. The molecule has 0 spiro atoms. The van der Waals surface area contributed by atoms with Crippen LogP contribution in [0.5, 0.6) is 0 Å². The van der Waals surface area contributed by atoms with Crippen LogP contribution in [0.3, 0.4) is 0 Å². The van der Waals surface area contributed by atoms with Crippen molar-refractivity contribution in [3.8, 4) is 0 Å². The van der Waals surface area contributed by atoms with Crippen molar-refractivity contribution in [1.82, 2.24) is 5.32 Å². The molecule has 0 unspecified atom stereocenters. The number of rotatable bonds is 2. The molecule has 0 aromatic heterocycles. The molecule has 0 aliphatic carbocycles. The average molecular weight is 248 g/mol. The van der Waals surface area contributed by atoms with Crippen LogP contribution in [0, 0.1) is 0 Å². The smallest absolute Gasteiger partial charge is 0.391 e. The third kappa shape index (κ3) is 3.76. The Morgan fingerprint density at radius 2 is 1.62 bits per heavy atom. The fourth-order valence-corrected chi connectivity index (χ4v) is 2.55. The predicted octanol–water partition coefficient (Wildman–Crippen LogP) is 1.60. The Kier molecular flexibility index (Phi) is 3.65. The van der Waals surface area contributed by atoms with E-state index in [0.29, 0.717) is 12.8 Å².